The first-order chi connectivity index (χ1) is 13.0. The van der Waals surface area contributed by atoms with Gasteiger partial charge in [-0.15, -0.1) is 0 Å². The SMILES string of the molecule is C[C@@H]1CCc2ncnc(NCCNC(=O)[C@H](N)Cc3ccc(Cl)cc3Cl)c21. The molecular formula is C19H23Cl2N5O. The Kier molecular flexibility index (Phi) is 6.52. The number of amides is 1. The van der Waals surface area contributed by atoms with Crippen molar-refractivity contribution in [1.29, 1.82) is 0 Å². The van der Waals surface area contributed by atoms with Gasteiger partial charge in [0.1, 0.15) is 12.1 Å². The first-order valence-corrected chi connectivity index (χ1v) is 9.76. The van der Waals surface area contributed by atoms with Crippen molar-refractivity contribution < 1.29 is 4.79 Å². The van der Waals surface area contributed by atoms with Crippen molar-refractivity contribution in [3.05, 3.63) is 51.4 Å². The summed E-state index contributed by atoms with van der Waals surface area (Å²) in [5, 5.41) is 7.20. The average molecular weight is 408 g/mol. The number of halogens is 2. The Hall–Kier alpha value is -1.89. The van der Waals surface area contributed by atoms with Gasteiger partial charge in [0.05, 0.1) is 6.04 Å². The van der Waals surface area contributed by atoms with Crippen LogP contribution in [0.15, 0.2) is 24.5 Å². The zero-order chi connectivity index (χ0) is 19.4. The maximum atomic E-state index is 12.2. The zero-order valence-corrected chi connectivity index (χ0v) is 16.6. The molecule has 1 aliphatic carbocycles. The summed E-state index contributed by atoms with van der Waals surface area (Å²) in [6.45, 7) is 3.20. The number of aromatic nitrogens is 2. The molecule has 8 heteroatoms. The molecule has 3 rings (SSSR count). The van der Waals surface area contributed by atoms with Crippen molar-refractivity contribution in [1.82, 2.24) is 15.3 Å². The molecule has 0 saturated heterocycles. The minimum absolute atomic E-state index is 0.218. The van der Waals surface area contributed by atoms with Gasteiger partial charge in [-0.2, -0.15) is 0 Å². The first-order valence-electron chi connectivity index (χ1n) is 9.00. The summed E-state index contributed by atoms with van der Waals surface area (Å²) in [6, 6.07) is 4.50. The Morgan fingerprint density at radius 2 is 2.15 bits per heavy atom. The van der Waals surface area contributed by atoms with Gasteiger partial charge in [0.15, 0.2) is 0 Å². The van der Waals surface area contributed by atoms with E-state index in [9.17, 15) is 4.79 Å². The number of carbonyl (C=O) groups excluding carboxylic acids is 1. The zero-order valence-electron chi connectivity index (χ0n) is 15.1. The van der Waals surface area contributed by atoms with Crippen LogP contribution in [0, 0.1) is 0 Å². The number of benzene rings is 1. The molecular weight excluding hydrogens is 385 g/mol. The van der Waals surface area contributed by atoms with Crippen molar-refractivity contribution in [2.24, 2.45) is 5.73 Å². The second-order valence-corrected chi connectivity index (χ2v) is 7.63. The Morgan fingerprint density at radius 1 is 1.33 bits per heavy atom. The monoisotopic (exact) mass is 407 g/mol. The molecule has 2 aromatic rings. The molecule has 1 aromatic heterocycles. The summed E-state index contributed by atoms with van der Waals surface area (Å²) < 4.78 is 0. The van der Waals surface area contributed by atoms with Crippen LogP contribution in [0.5, 0.6) is 0 Å². The number of nitrogens with two attached hydrogens (primary N) is 1. The van der Waals surface area contributed by atoms with E-state index in [2.05, 4.69) is 27.5 Å². The fraction of sp³-hybridized carbons (Fsp3) is 0.421. The molecule has 6 nitrogen and oxygen atoms in total. The molecule has 1 aliphatic rings. The second kappa shape index (κ2) is 8.87. The van der Waals surface area contributed by atoms with Gasteiger partial charge < -0.3 is 16.4 Å². The van der Waals surface area contributed by atoms with E-state index in [0.29, 0.717) is 35.5 Å². The highest BCUT2D eigenvalue weighted by atomic mass is 35.5. The molecule has 0 radical (unpaired) electrons. The topological polar surface area (TPSA) is 92.9 Å². The normalized spacial score (nSPS) is 16.7. The van der Waals surface area contributed by atoms with Gasteiger partial charge in [-0.05, 0) is 42.9 Å². The molecule has 0 saturated carbocycles. The molecule has 0 fully saturated rings. The molecule has 27 heavy (non-hydrogen) atoms. The van der Waals surface area contributed by atoms with Crippen LogP contribution in [0.1, 0.15) is 36.1 Å². The lowest BCUT2D eigenvalue weighted by Gasteiger charge is -2.15. The Morgan fingerprint density at radius 3 is 2.93 bits per heavy atom. The predicted molar refractivity (Wildman–Crippen MR) is 108 cm³/mol. The highest BCUT2D eigenvalue weighted by molar-refractivity contribution is 6.35. The van der Waals surface area contributed by atoms with Crippen LogP contribution < -0.4 is 16.4 Å². The third-order valence-corrected chi connectivity index (χ3v) is 5.37. The summed E-state index contributed by atoms with van der Waals surface area (Å²) in [5.74, 6) is 1.09. The van der Waals surface area contributed by atoms with Crippen LogP contribution >= 0.6 is 23.2 Å². The lowest BCUT2D eigenvalue weighted by atomic mass is 10.1. The summed E-state index contributed by atoms with van der Waals surface area (Å²) in [6.07, 6.45) is 4.03. The fourth-order valence-corrected chi connectivity index (χ4v) is 3.79. The van der Waals surface area contributed by atoms with Crippen LogP contribution in [0.2, 0.25) is 10.0 Å². The van der Waals surface area contributed by atoms with Gasteiger partial charge >= 0.3 is 0 Å². The van der Waals surface area contributed by atoms with Gasteiger partial charge in [-0.1, -0.05) is 36.2 Å². The number of hydrogen-bond donors (Lipinski definition) is 3. The third-order valence-electron chi connectivity index (χ3n) is 4.78. The van der Waals surface area contributed by atoms with Gasteiger partial charge in [0, 0.05) is 34.4 Å². The van der Waals surface area contributed by atoms with Gasteiger partial charge in [-0.25, -0.2) is 9.97 Å². The van der Waals surface area contributed by atoms with Crippen LogP contribution in [0.3, 0.4) is 0 Å². The van der Waals surface area contributed by atoms with Crippen molar-refractivity contribution in [2.75, 3.05) is 18.4 Å². The highest BCUT2D eigenvalue weighted by Crippen LogP contribution is 2.35. The van der Waals surface area contributed by atoms with E-state index in [1.54, 1.807) is 24.5 Å². The second-order valence-electron chi connectivity index (χ2n) is 6.79. The maximum absolute atomic E-state index is 12.2. The summed E-state index contributed by atoms with van der Waals surface area (Å²) in [4.78, 5) is 20.9. The van der Waals surface area contributed by atoms with Crippen molar-refractivity contribution in [3.63, 3.8) is 0 Å². The lowest BCUT2D eigenvalue weighted by molar-refractivity contribution is -0.122. The summed E-state index contributed by atoms with van der Waals surface area (Å²) in [5.41, 5.74) is 9.10. The molecule has 2 atom stereocenters. The number of carbonyl (C=O) groups is 1. The number of fused-ring (bicyclic) bond motifs is 1. The van der Waals surface area contributed by atoms with Crippen molar-refractivity contribution in [2.45, 2.75) is 38.1 Å². The number of hydrogen-bond acceptors (Lipinski definition) is 5. The fourth-order valence-electron chi connectivity index (χ4n) is 3.30. The van der Waals surface area contributed by atoms with E-state index >= 15 is 0 Å². The number of rotatable bonds is 7. The first kappa shape index (κ1) is 19.9. The standard InChI is InChI=1S/C19H23Cl2N5O/c1-11-2-5-16-17(11)18(26-10-25-16)23-6-7-24-19(27)15(22)8-12-3-4-13(20)9-14(12)21/h3-4,9-11,15H,2,5-8,22H2,1H3,(H,24,27)(H,23,25,26)/t11-,15-/m1/s1. The highest BCUT2D eigenvalue weighted by Gasteiger charge is 2.23. The molecule has 144 valence electrons. The largest absolute Gasteiger partial charge is 0.368 e. The van der Waals surface area contributed by atoms with Gasteiger partial charge in [0.25, 0.3) is 0 Å². The van der Waals surface area contributed by atoms with Gasteiger partial charge in [0.2, 0.25) is 5.91 Å². The van der Waals surface area contributed by atoms with E-state index in [4.69, 9.17) is 28.9 Å². The molecule has 0 spiro atoms. The molecule has 1 heterocycles. The molecule has 1 aromatic carbocycles. The Balaban J connectivity index is 1.47. The van der Waals surface area contributed by atoms with E-state index < -0.39 is 6.04 Å². The van der Waals surface area contributed by atoms with Crippen LogP contribution in [0.25, 0.3) is 0 Å². The van der Waals surface area contributed by atoms with E-state index in [1.165, 1.54) is 5.56 Å². The number of nitrogens with one attached hydrogen (secondary N) is 2. The molecule has 4 N–H and O–H groups in total. The minimum Gasteiger partial charge on any atom is -0.368 e. The minimum atomic E-state index is -0.674. The van der Waals surface area contributed by atoms with Gasteiger partial charge in [-0.3, -0.25) is 4.79 Å². The third kappa shape index (κ3) is 4.89. The number of aryl methyl sites for hydroxylation is 1. The van der Waals surface area contributed by atoms with Crippen LogP contribution in [-0.2, 0) is 17.6 Å². The predicted octanol–water partition coefficient (Wildman–Crippen LogP) is 2.93. The van der Waals surface area contributed by atoms with Crippen LogP contribution in [0.4, 0.5) is 5.82 Å². The molecule has 1 amide bonds. The average Bonchev–Trinajstić information content (AvgIpc) is 3.02. The smallest absolute Gasteiger partial charge is 0.237 e. The van der Waals surface area contributed by atoms with E-state index in [-0.39, 0.29) is 5.91 Å². The van der Waals surface area contributed by atoms with E-state index in [0.717, 1.165) is 29.9 Å². The Bertz CT molecular complexity index is 830. The molecule has 0 unspecified atom stereocenters. The van der Waals surface area contributed by atoms with Crippen LogP contribution in [-0.4, -0.2) is 35.0 Å². The van der Waals surface area contributed by atoms with Crippen molar-refractivity contribution >= 4 is 34.9 Å². The summed E-state index contributed by atoms with van der Waals surface area (Å²) >= 11 is 12.0. The molecule has 0 bridgehead atoms. The van der Waals surface area contributed by atoms with E-state index in [1.807, 2.05) is 0 Å². The summed E-state index contributed by atoms with van der Waals surface area (Å²) in [7, 11) is 0. The Labute approximate surface area is 168 Å². The maximum Gasteiger partial charge on any atom is 0.237 e. The van der Waals surface area contributed by atoms with Crippen molar-refractivity contribution in [3.8, 4) is 0 Å². The molecule has 0 aliphatic heterocycles. The quantitative estimate of drug-likeness (QED) is 0.613. The lowest BCUT2D eigenvalue weighted by Crippen LogP contribution is -2.43. The number of anilines is 1. The number of nitrogens with zero attached hydrogens (tertiary/aromatic N) is 2.